The third kappa shape index (κ3) is 1.71. The van der Waals surface area contributed by atoms with E-state index in [-0.39, 0.29) is 5.57 Å². The summed E-state index contributed by atoms with van der Waals surface area (Å²) < 4.78 is 12.5. The fourth-order valence-corrected chi connectivity index (χ4v) is 0.950. The molecule has 0 aliphatic heterocycles. The topological polar surface area (TPSA) is 57.5 Å². The maximum atomic E-state index is 12.5. The maximum absolute atomic E-state index is 12.5. The van der Waals surface area contributed by atoms with Crippen LogP contribution in [0, 0.1) is 0 Å². The SMILES string of the molecule is O=C=C1C=C(F)C=CC1B(O)O. The zero-order valence-corrected chi connectivity index (χ0v) is 6.07. The van der Waals surface area contributed by atoms with Gasteiger partial charge in [0.05, 0.1) is 0 Å². The van der Waals surface area contributed by atoms with Crippen molar-refractivity contribution < 1.29 is 19.2 Å². The van der Waals surface area contributed by atoms with E-state index in [0.717, 1.165) is 12.2 Å². The fourth-order valence-electron chi connectivity index (χ4n) is 0.950. The lowest BCUT2D eigenvalue weighted by Gasteiger charge is -2.12. The molecule has 0 radical (unpaired) electrons. The van der Waals surface area contributed by atoms with Gasteiger partial charge in [-0.3, -0.25) is 0 Å². The first kappa shape index (κ1) is 8.94. The van der Waals surface area contributed by atoms with Gasteiger partial charge in [0.1, 0.15) is 11.8 Å². The zero-order chi connectivity index (χ0) is 9.14. The average Bonchev–Trinajstić information content (AvgIpc) is 2.03. The Kier molecular flexibility index (Phi) is 2.60. The molecule has 0 bridgehead atoms. The monoisotopic (exact) mass is 168 g/mol. The predicted molar refractivity (Wildman–Crippen MR) is 41.5 cm³/mol. The summed E-state index contributed by atoms with van der Waals surface area (Å²) in [7, 11) is -1.69. The minimum atomic E-state index is -1.69. The van der Waals surface area contributed by atoms with Crippen molar-refractivity contribution in [2.24, 2.45) is 0 Å². The van der Waals surface area contributed by atoms with Crippen molar-refractivity contribution in [2.75, 3.05) is 0 Å². The lowest BCUT2D eigenvalue weighted by molar-refractivity contribution is 0.400. The highest BCUT2D eigenvalue weighted by molar-refractivity contribution is 6.45. The first-order valence-corrected chi connectivity index (χ1v) is 3.31. The summed E-state index contributed by atoms with van der Waals surface area (Å²) in [6.07, 6.45) is 3.21. The number of carbonyl (C=O) groups excluding carboxylic acids is 1. The zero-order valence-electron chi connectivity index (χ0n) is 6.07. The molecular formula is C7H6BFO3. The third-order valence-electron chi connectivity index (χ3n) is 1.55. The summed E-state index contributed by atoms with van der Waals surface area (Å²) in [5.41, 5.74) is -0.0926. The number of halogens is 1. The summed E-state index contributed by atoms with van der Waals surface area (Å²) in [6, 6.07) is 0. The molecule has 5 heteroatoms. The molecule has 3 nitrogen and oxygen atoms in total. The normalized spacial score (nSPS) is 21.8. The molecule has 0 fully saturated rings. The van der Waals surface area contributed by atoms with E-state index in [4.69, 9.17) is 10.0 Å². The van der Waals surface area contributed by atoms with Gasteiger partial charge in [0.25, 0.3) is 0 Å². The van der Waals surface area contributed by atoms with Crippen LogP contribution in [-0.4, -0.2) is 23.1 Å². The van der Waals surface area contributed by atoms with Gasteiger partial charge in [0.2, 0.25) is 0 Å². The molecule has 0 aromatic heterocycles. The molecule has 2 N–H and O–H groups in total. The van der Waals surface area contributed by atoms with Crippen molar-refractivity contribution in [1.29, 1.82) is 0 Å². The highest BCUT2D eigenvalue weighted by atomic mass is 19.1. The molecule has 1 aliphatic carbocycles. The van der Waals surface area contributed by atoms with E-state index in [1.165, 1.54) is 12.0 Å². The van der Waals surface area contributed by atoms with Gasteiger partial charge in [-0.1, -0.05) is 6.08 Å². The van der Waals surface area contributed by atoms with E-state index >= 15 is 0 Å². The van der Waals surface area contributed by atoms with Gasteiger partial charge in [-0.05, 0) is 12.2 Å². The molecule has 0 aromatic rings. The highest BCUT2D eigenvalue weighted by Gasteiger charge is 2.26. The molecule has 0 saturated heterocycles. The molecular weight excluding hydrogens is 162 g/mol. The maximum Gasteiger partial charge on any atom is 0.464 e. The largest absolute Gasteiger partial charge is 0.464 e. The molecule has 12 heavy (non-hydrogen) atoms. The van der Waals surface area contributed by atoms with Crippen LogP contribution in [0.25, 0.3) is 0 Å². The second kappa shape index (κ2) is 3.49. The number of rotatable bonds is 1. The minimum Gasteiger partial charge on any atom is -0.426 e. The Morgan fingerprint density at radius 1 is 1.58 bits per heavy atom. The standard InChI is InChI=1S/C7H6BFO3/c9-6-1-2-7(8(11)12)5(3-6)4-10/h1-3,7,11-12H. The van der Waals surface area contributed by atoms with Gasteiger partial charge < -0.3 is 10.0 Å². The Balaban J connectivity index is 2.96. The van der Waals surface area contributed by atoms with Crippen LogP contribution in [0.4, 0.5) is 4.39 Å². The molecule has 1 unspecified atom stereocenters. The van der Waals surface area contributed by atoms with Crippen LogP contribution in [0.5, 0.6) is 0 Å². The van der Waals surface area contributed by atoms with Crippen LogP contribution in [0.2, 0.25) is 5.82 Å². The molecule has 62 valence electrons. The third-order valence-corrected chi connectivity index (χ3v) is 1.55. The van der Waals surface area contributed by atoms with E-state index in [1.807, 2.05) is 0 Å². The van der Waals surface area contributed by atoms with Gasteiger partial charge in [0, 0.05) is 11.4 Å². The Bertz CT molecular complexity index is 289. The number of hydrogen-bond acceptors (Lipinski definition) is 3. The van der Waals surface area contributed by atoms with Crippen molar-refractivity contribution >= 4 is 13.1 Å². The Morgan fingerprint density at radius 2 is 2.25 bits per heavy atom. The van der Waals surface area contributed by atoms with Crippen molar-refractivity contribution in [3.63, 3.8) is 0 Å². The van der Waals surface area contributed by atoms with Crippen LogP contribution >= 0.6 is 0 Å². The van der Waals surface area contributed by atoms with Crippen LogP contribution in [-0.2, 0) is 4.79 Å². The smallest absolute Gasteiger partial charge is 0.426 e. The summed E-state index contributed by atoms with van der Waals surface area (Å²) >= 11 is 0. The molecule has 0 amide bonds. The van der Waals surface area contributed by atoms with Crippen LogP contribution < -0.4 is 0 Å². The Labute approximate surface area is 68.7 Å². The number of allylic oxidation sites excluding steroid dienone is 5. The van der Waals surface area contributed by atoms with Crippen molar-refractivity contribution in [3.8, 4) is 0 Å². The van der Waals surface area contributed by atoms with E-state index in [9.17, 15) is 9.18 Å². The molecule has 1 aliphatic rings. The summed E-state index contributed by atoms with van der Waals surface area (Å²) in [4.78, 5) is 10.2. The number of hydrogen-bond donors (Lipinski definition) is 2. The first-order chi connectivity index (χ1) is 5.65. The first-order valence-electron chi connectivity index (χ1n) is 3.31. The summed E-state index contributed by atoms with van der Waals surface area (Å²) in [5, 5.41) is 17.4. The van der Waals surface area contributed by atoms with E-state index < -0.39 is 18.8 Å². The van der Waals surface area contributed by atoms with Crippen LogP contribution in [0.15, 0.2) is 29.6 Å². The highest BCUT2D eigenvalue weighted by Crippen LogP contribution is 2.26. The van der Waals surface area contributed by atoms with Crippen molar-refractivity contribution in [2.45, 2.75) is 5.82 Å². The van der Waals surface area contributed by atoms with E-state index in [0.29, 0.717) is 0 Å². The van der Waals surface area contributed by atoms with Gasteiger partial charge >= 0.3 is 7.12 Å². The quantitative estimate of drug-likeness (QED) is 0.428. The van der Waals surface area contributed by atoms with E-state index in [2.05, 4.69) is 0 Å². The molecule has 0 aromatic carbocycles. The van der Waals surface area contributed by atoms with Crippen molar-refractivity contribution in [3.05, 3.63) is 29.6 Å². The predicted octanol–water partition coefficient (Wildman–Crippen LogP) is 0.0106. The summed E-state index contributed by atoms with van der Waals surface area (Å²) in [6.45, 7) is 0. The van der Waals surface area contributed by atoms with Gasteiger partial charge in [-0.15, -0.1) is 0 Å². The second-order valence-corrected chi connectivity index (χ2v) is 2.39. The molecule has 0 spiro atoms. The molecule has 0 saturated carbocycles. The van der Waals surface area contributed by atoms with Crippen molar-refractivity contribution in [1.82, 2.24) is 0 Å². The minimum absolute atomic E-state index is 0.0926. The van der Waals surface area contributed by atoms with E-state index in [1.54, 1.807) is 0 Å². The molecule has 0 heterocycles. The lowest BCUT2D eigenvalue weighted by atomic mass is 9.67. The van der Waals surface area contributed by atoms with Gasteiger partial charge in [-0.25, -0.2) is 9.18 Å². The summed E-state index contributed by atoms with van der Waals surface area (Å²) in [5.74, 6) is -0.0207. The molecule has 1 atom stereocenters. The van der Waals surface area contributed by atoms with Crippen LogP contribution in [0.1, 0.15) is 0 Å². The molecule has 1 rings (SSSR count). The second-order valence-electron chi connectivity index (χ2n) is 2.39. The van der Waals surface area contributed by atoms with Gasteiger partial charge in [-0.2, -0.15) is 0 Å². The Morgan fingerprint density at radius 3 is 2.75 bits per heavy atom. The van der Waals surface area contributed by atoms with Crippen LogP contribution in [0.3, 0.4) is 0 Å². The van der Waals surface area contributed by atoms with Gasteiger partial charge in [0.15, 0.2) is 0 Å². The fraction of sp³-hybridized carbons (Fsp3) is 0.143. The average molecular weight is 168 g/mol. The lowest BCUT2D eigenvalue weighted by Crippen LogP contribution is -2.21. The Hall–Kier alpha value is -1.16.